The molecule has 10 aromatic rings. The second-order valence-electron chi connectivity index (χ2n) is 29.0. The molecule has 4 aromatic heterocycles. The third-order valence-corrected chi connectivity index (χ3v) is 25.9. The van der Waals surface area contributed by atoms with Crippen LogP contribution in [0.3, 0.4) is 0 Å². The normalized spacial score (nSPS) is 12.8. The molecule has 514 valence electrons. The second kappa shape index (κ2) is 37.9. The molecule has 2 fully saturated rings. The monoisotopic (exact) mass is 2080 g/mol. The zero-order chi connectivity index (χ0) is 67.9. The van der Waals surface area contributed by atoms with Crippen molar-refractivity contribution in [2.45, 2.75) is 148 Å². The minimum atomic E-state index is -1.52. The molecule has 2 saturated carbocycles. The van der Waals surface area contributed by atoms with Gasteiger partial charge in [0, 0.05) is 129 Å². The van der Waals surface area contributed by atoms with Gasteiger partial charge in [-0.15, -0.1) is 119 Å². The summed E-state index contributed by atoms with van der Waals surface area (Å²) in [6.07, 6.45) is 20.0. The Bertz CT molecular complexity index is 4410. The van der Waals surface area contributed by atoms with Crippen LogP contribution in [0, 0.1) is 69.6 Å². The van der Waals surface area contributed by atoms with E-state index in [4.69, 9.17) is 36.0 Å². The van der Waals surface area contributed by atoms with E-state index in [0.29, 0.717) is 34.1 Å². The molecule has 2 aliphatic rings. The van der Waals surface area contributed by atoms with Crippen molar-refractivity contribution in [3.8, 4) is 91.6 Å². The second-order valence-corrected chi connectivity index (χ2v) is 49.2. The molecule has 4 heterocycles. The van der Waals surface area contributed by atoms with Crippen LogP contribution in [0.1, 0.15) is 103 Å². The fourth-order valence-electron chi connectivity index (χ4n) is 12.2. The molecule has 0 bridgehead atoms. The van der Waals surface area contributed by atoms with Crippen LogP contribution in [0.15, 0.2) is 183 Å². The number of hydrogen-bond acceptors (Lipinski definition) is 8. The Kier molecular flexibility index (Phi) is 31.7. The molecule has 12 rings (SSSR count). The van der Waals surface area contributed by atoms with Crippen LogP contribution >= 0.6 is 0 Å². The minimum absolute atomic E-state index is 0. The molecule has 2 aliphatic carbocycles. The number of benzene rings is 6. The standard InChI is InChI=1S/C21H19N2Si.C21H25N2Si.C21H19N2Si.C20H23N2Si.4Ir/c1-24(2,3)21-15-23-20(18-11-9-16(14-22)10-12-18)13-19(21)17-7-5-4-6-8-17;2*1-24(2,3)19-13-20(17-7-5-4-6-8-17)21(23-15-19)18-11-9-16(14-22)10-12-18;1-23(2,3)20-14-22-19(12-18(20)16-6-4-5-7-16)17-10-8-15(13-21)9-11-17;;;;/h4-11,13,15H,1-3H3;9-11,13,15,17H,4-8H2,1-3H3;4-11,13,15H,1-3H3;8-10,12,14,16H,4-7H2,1-3H3;;;;/q4*-1;;;;. The van der Waals surface area contributed by atoms with Crippen molar-refractivity contribution in [3.05, 3.63) is 240 Å². The van der Waals surface area contributed by atoms with Gasteiger partial charge < -0.3 is 19.9 Å². The number of hydrogen-bond donors (Lipinski definition) is 0. The molecule has 0 aliphatic heterocycles. The van der Waals surface area contributed by atoms with Gasteiger partial charge in [0.1, 0.15) is 0 Å². The van der Waals surface area contributed by atoms with E-state index >= 15 is 0 Å². The van der Waals surface area contributed by atoms with E-state index in [-0.39, 0.29) is 80.4 Å². The molecular formula is C83H86Ir4N8Si4-4. The summed E-state index contributed by atoms with van der Waals surface area (Å²) < 4.78 is 0. The predicted octanol–water partition coefficient (Wildman–Crippen LogP) is 18.9. The van der Waals surface area contributed by atoms with Gasteiger partial charge in [0.05, 0.1) is 32.3 Å². The third-order valence-electron chi connectivity index (χ3n) is 17.8. The summed E-state index contributed by atoms with van der Waals surface area (Å²) in [6, 6.07) is 73.4. The fourth-order valence-corrected chi connectivity index (χ4v) is 17.4. The van der Waals surface area contributed by atoms with Gasteiger partial charge in [0.25, 0.3) is 0 Å². The van der Waals surface area contributed by atoms with E-state index < -0.39 is 32.3 Å². The van der Waals surface area contributed by atoms with Crippen LogP contribution in [-0.4, -0.2) is 52.2 Å². The van der Waals surface area contributed by atoms with Crippen LogP contribution in [0.2, 0.25) is 78.6 Å². The van der Waals surface area contributed by atoms with Crippen molar-refractivity contribution >= 4 is 53.0 Å². The molecule has 8 nitrogen and oxygen atoms in total. The zero-order valence-electron chi connectivity index (χ0n) is 58.8. The average molecular weight is 2080 g/mol. The summed E-state index contributed by atoms with van der Waals surface area (Å²) in [6.45, 7) is 28.3. The summed E-state index contributed by atoms with van der Waals surface area (Å²) in [4.78, 5) is 19.0. The topological polar surface area (TPSA) is 147 Å². The van der Waals surface area contributed by atoms with Crippen molar-refractivity contribution in [2.24, 2.45) is 0 Å². The Morgan fingerprint density at radius 3 is 1.11 bits per heavy atom. The van der Waals surface area contributed by atoms with Crippen LogP contribution in [0.25, 0.3) is 67.3 Å². The molecule has 16 heteroatoms. The van der Waals surface area contributed by atoms with Gasteiger partial charge in [-0.3, -0.25) is 0 Å². The van der Waals surface area contributed by atoms with E-state index in [0.717, 1.165) is 56.2 Å². The maximum Gasteiger partial charge on any atom is 0.0803 e. The van der Waals surface area contributed by atoms with E-state index in [1.54, 1.807) is 24.3 Å². The zero-order valence-corrected chi connectivity index (χ0v) is 72.3. The van der Waals surface area contributed by atoms with E-state index in [1.807, 2.05) is 85.2 Å². The van der Waals surface area contributed by atoms with Crippen LogP contribution in [-0.2, 0) is 80.4 Å². The summed E-state index contributed by atoms with van der Waals surface area (Å²) in [5.41, 5.74) is 17.8. The first-order chi connectivity index (χ1) is 45.4. The smallest absolute Gasteiger partial charge is 0.0803 e. The number of nitrogens with zero attached hydrogens (tertiary/aromatic N) is 8. The summed E-state index contributed by atoms with van der Waals surface area (Å²) in [7, 11) is -5.75. The summed E-state index contributed by atoms with van der Waals surface area (Å²) >= 11 is 0. The molecule has 0 saturated heterocycles. The Balaban J connectivity index is 0.000000235. The number of rotatable bonds is 12. The van der Waals surface area contributed by atoms with Crippen LogP contribution in [0.4, 0.5) is 0 Å². The quantitative estimate of drug-likeness (QED) is 0.0868. The summed E-state index contributed by atoms with van der Waals surface area (Å²) in [5.74, 6) is 1.30. The predicted molar refractivity (Wildman–Crippen MR) is 403 cm³/mol. The SMILES string of the molecule is C[Si](C)(C)c1cnc(-c2[c-]cc(C#N)cc2)c(-c2ccccc2)c1.C[Si](C)(C)c1cnc(-c2[c-]cc(C#N)cc2)c(C2CCCCC2)c1.C[Si](C)(C)c1cnc(-c2[c-]cc(C#N)cc2)cc1-c1ccccc1.C[Si](C)(C)c1cnc(-c2[c-]cc(C#N)cc2)cc1C1CCCC1.[Ir].[Ir].[Ir].[Ir]. The fraction of sp³-hybridized carbons (Fsp3) is 0.277. The molecule has 0 amide bonds. The van der Waals surface area contributed by atoms with Gasteiger partial charge in [0.15, 0.2) is 0 Å². The Hall–Kier alpha value is -6.66. The van der Waals surface area contributed by atoms with E-state index in [9.17, 15) is 0 Å². The van der Waals surface area contributed by atoms with Gasteiger partial charge in [-0.1, -0.05) is 207 Å². The molecule has 0 unspecified atom stereocenters. The maximum atomic E-state index is 9.00. The van der Waals surface area contributed by atoms with E-state index in [1.165, 1.54) is 101 Å². The molecule has 0 atom stereocenters. The first-order valence-corrected chi connectivity index (χ1v) is 47.3. The molecule has 6 aromatic carbocycles. The molecule has 4 radical (unpaired) electrons. The largest absolute Gasteiger partial charge is 0.305 e. The van der Waals surface area contributed by atoms with Gasteiger partial charge in [-0.2, -0.15) is 0 Å². The molecule has 0 spiro atoms. The Morgan fingerprint density at radius 2 is 0.707 bits per heavy atom. The van der Waals surface area contributed by atoms with Crippen molar-refractivity contribution in [1.82, 2.24) is 19.9 Å². The molecule has 0 N–H and O–H groups in total. The van der Waals surface area contributed by atoms with Gasteiger partial charge in [-0.25, -0.2) is 21.0 Å². The van der Waals surface area contributed by atoms with Gasteiger partial charge in [-0.05, 0) is 126 Å². The van der Waals surface area contributed by atoms with Crippen molar-refractivity contribution in [2.75, 3.05) is 0 Å². The third kappa shape index (κ3) is 22.4. The average Bonchev–Trinajstić information content (AvgIpc) is 1.48. The van der Waals surface area contributed by atoms with Gasteiger partial charge >= 0.3 is 0 Å². The van der Waals surface area contributed by atoms with Crippen LogP contribution in [0.5, 0.6) is 0 Å². The van der Waals surface area contributed by atoms with Crippen molar-refractivity contribution in [3.63, 3.8) is 0 Å². The minimum Gasteiger partial charge on any atom is -0.305 e. The number of aromatic nitrogens is 4. The number of nitriles is 4. The molecule has 99 heavy (non-hydrogen) atoms. The first kappa shape index (κ1) is 83.0. The molecular weight excluding hydrogens is 1990 g/mol. The first-order valence-electron chi connectivity index (χ1n) is 33.3. The maximum absolute atomic E-state index is 9.00. The van der Waals surface area contributed by atoms with Gasteiger partial charge in [0.2, 0.25) is 0 Å². The summed E-state index contributed by atoms with van der Waals surface area (Å²) in [5, 5.41) is 41.5. The Morgan fingerprint density at radius 1 is 0.343 bits per heavy atom. The Labute approximate surface area is 648 Å². The van der Waals surface area contributed by atoms with Crippen LogP contribution < -0.4 is 20.7 Å². The van der Waals surface area contributed by atoms with E-state index in [2.05, 4.69) is 205 Å². The number of pyridine rings is 4. The van der Waals surface area contributed by atoms with Crippen molar-refractivity contribution in [1.29, 1.82) is 21.0 Å². The van der Waals surface area contributed by atoms with Crippen molar-refractivity contribution < 1.29 is 80.4 Å².